The summed E-state index contributed by atoms with van der Waals surface area (Å²) in [7, 11) is 0. The van der Waals surface area contributed by atoms with Crippen molar-refractivity contribution in [2.24, 2.45) is 5.41 Å². The van der Waals surface area contributed by atoms with Gasteiger partial charge in [-0.1, -0.05) is 37.6 Å². The molecule has 0 saturated heterocycles. The Hall–Kier alpha value is -1.55. The van der Waals surface area contributed by atoms with Crippen LogP contribution in [-0.2, 0) is 16.0 Å². The zero-order valence-corrected chi connectivity index (χ0v) is 12.0. The molecule has 1 amide bonds. The lowest BCUT2D eigenvalue weighted by molar-refractivity contribution is -0.142. The quantitative estimate of drug-likeness (QED) is 0.872. The summed E-state index contributed by atoms with van der Waals surface area (Å²) >= 11 is 5.90. The largest absolute Gasteiger partial charge is 0.480 e. The van der Waals surface area contributed by atoms with E-state index >= 15 is 0 Å². The fourth-order valence-corrected chi connectivity index (χ4v) is 1.90. The summed E-state index contributed by atoms with van der Waals surface area (Å²) in [5.74, 6) is -1.34. The zero-order chi connectivity index (χ0) is 14.6. The highest BCUT2D eigenvalue weighted by Gasteiger charge is 2.30. The van der Waals surface area contributed by atoms with Gasteiger partial charge in [0.05, 0.1) is 0 Å². The molecule has 0 aliphatic heterocycles. The van der Waals surface area contributed by atoms with Crippen LogP contribution in [0, 0.1) is 5.41 Å². The second kappa shape index (κ2) is 6.06. The Kier molecular flexibility index (Phi) is 4.95. The molecule has 1 atom stereocenters. The van der Waals surface area contributed by atoms with Crippen LogP contribution in [0.3, 0.4) is 0 Å². The van der Waals surface area contributed by atoms with Gasteiger partial charge in [-0.3, -0.25) is 9.59 Å². The molecule has 1 aromatic carbocycles. The van der Waals surface area contributed by atoms with Crippen LogP contribution in [0.1, 0.15) is 26.3 Å². The maximum absolute atomic E-state index is 12.1. The van der Waals surface area contributed by atoms with Crippen molar-refractivity contribution in [1.29, 1.82) is 0 Å². The van der Waals surface area contributed by atoms with E-state index in [9.17, 15) is 9.59 Å². The van der Waals surface area contributed by atoms with Gasteiger partial charge in [0, 0.05) is 10.4 Å². The summed E-state index contributed by atoms with van der Waals surface area (Å²) in [6, 6.07) is 6.39. The van der Waals surface area contributed by atoms with Gasteiger partial charge in [0.2, 0.25) is 5.91 Å². The van der Waals surface area contributed by atoms with Gasteiger partial charge in [0.1, 0.15) is 6.04 Å². The van der Waals surface area contributed by atoms with Crippen molar-refractivity contribution < 1.29 is 14.7 Å². The fraction of sp³-hybridized carbons (Fsp3) is 0.429. The third-order valence-corrected chi connectivity index (χ3v) is 3.10. The summed E-state index contributed by atoms with van der Waals surface area (Å²) in [6.07, 6.45) is 0.492. The maximum atomic E-state index is 12.1. The number of nitrogens with one attached hydrogen (secondary N) is 1. The molecule has 2 N–H and O–H groups in total. The lowest BCUT2D eigenvalue weighted by atomic mass is 9.84. The van der Waals surface area contributed by atoms with Crippen molar-refractivity contribution in [3.8, 4) is 0 Å². The second-order valence-corrected chi connectivity index (χ2v) is 5.66. The molecular weight excluding hydrogens is 266 g/mol. The minimum atomic E-state index is -1.05. The van der Waals surface area contributed by atoms with Crippen molar-refractivity contribution in [3.63, 3.8) is 0 Å². The molecule has 0 fully saturated rings. The number of carbonyl (C=O) groups is 2. The monoisotopic (exact) mass is 283 g/mol. The Bertz CT molecular complexity index is 485. The lowest BCUT2D eigenvalue weighted by Crippen LogP contribution is -2.45. The molecule has 4 nitrogen and oxygen atoms in total. The van der Waals surface area contributed by atoms with E-state index in [1.807, 2.05) is 12.1 Å². The number of aliphatic carboxylic acids is 1. The van der Waals surface area contributed by atoms with Crippen molar-refractivity contribution in [3.05, 3.63) is 34.9 Å². The minimum absolute atomic E-state index is 0.289. The number of carbonyl (C=O) groups excluding carboxylic acids is 1. The molecule has 0 heterocycles. The number of carboxylic acid groups (broad SMARTS) is 1. The molecule has 104 valence electrons. The first kappa shape index (κ1) is 15.5. The average molecular weight is 284 g/mol. The minimum Gasteiger partial charge on any atom is -0.480 e. The SMILES string of the molecule is CC(NC(=O)C(C)(C)Cc1cccc(Cl)c1)C(=O)O. The van der Waals surface area contributed by atoms with E-state index in [0.29, 0.717) is 11.4 Å². The van der Waals surface area contributed by atoms with Gasteiger partial charge >= 0.3 is 5.97 Å². The van der Waals surface area contributed by atoms with Crippen LogP contribution in [0.5, 0.6) is 0 Å². The van der Waals surface area contributed by atoms with Crippen molar-refractivity contribution in [2.45, 2.75) is 33.2 Å². The molecule has 0 radical (unpaired) electrons. The maximum Gasteiger partial charge on any atom is 0.325 e. The molecule has 0 saturated carbocycles. The van der Waals surface area contributed by atoms with Crippen LogP contribution in [0.4, 0.5) is 0 Å². The first-order valence-corrected chi connectivity index (χ1v) is 6.38. The summed E-state index contributed by atoms with van der Waals surface area (Å²) in [5, 5.41) is 11.9. The van der Waals surface area contributed by atoms with E-state index in [1.165, 1.54) is 6.92 Å². The number of carboxylic acids is 1. The van der Waals surface area contributed by atoms with Gasteiger partial charge in [-0.15, -0.1) is 0 Å². The first-order valence-electron chi connectivity index (χ1n) is 6.00. The topological polar surface area (TPSA) is 66.4 Å². The third-order valence-electron chi connectivity index (χ3n) is 2.87. The predicted octanol–water partition coefficient (Wildman–Crippen LogP) is 2.50. The summed E-state index contributed by atoms with van der Waals surface area (Å²) < 4.78 is 0. The fourth-order valence-electron chi connectivity index (χ4n) is 1.69. The van der Waals surface area contributed by atoms with Crippen molar-refractivity contribution >= 4 is 23.5 Å². The normalized spacial score (nSPS) is 12.8. The van der Waals surface area contributed by atoms with E-state index in [2.05, 4.69) is 5.32 Å². The lowest BCUT2D eigenvalue weighted by Gasteiger charge is -2.25. The second-order valence-electron chi connectivity index (χ2n) is 5.22. The van der Waals surface area contributed by atoms with Crippen LogP contribution >= 0.6 is 11.6 Å². The third kappa shape index (κ3) is 4.56. The molecular formula is C14H18ClNO3. The Morgan fingerprint density at radius 2 is 2.05 bits per heavy atom. The van der Waals surface area contributed by atoms with Crippen LogP contribution in [0.25, 0.3) is 0 Å². The Morgan fingerprint density at radius 3 is 2.58 bits per heavy atom. The van der Waals surface area contributed by atoms with E-state index in [4.69, 9.17) is 16.7 Å². The van der Waals surface area contributed by atoms with Gasteiger partial charge in [0.25, 0.3) is 0 Å². The summed E-state index contributed by atoms with van der Waals surface area (Å²) in [6.45, 7) is 4.99. The predicted molar refractivity (Wildman–Crippen MR) is 74.2 cm³/mol. The molecule has 1 rings (SSSR count). The molecule has 0 bridgehead atoms. The molecule has 1 unspecified atom stereocenters. The molecule has 0 aliphatic rings. The van der Waals surface area contributed by atoms with Crippen LogP contribution < -0.4 is 5.32 Å². The van der Waals surface area contributed by atoms with Crippen molar-refractivity contribution in [2.75, 3.05) is 0 Å². The van der Waals surface area contributed by atoms with Gasteiger partial charge in [-0.2, -0.15) is 0 Å². The highest BCUT2D eigenvalue weighted by molar-refractivity contribution is 6.30. The van der Waals surface area contributed by atoms with Crippen molar-refractivity contribution in [1.82, 2.24) is 5.32 Å². The molecule has 1 aromatic rings. The van der Waals surface area contributed by atoms with Gasteiger partial charge in [-0.25, -0.2) is 0 Å². The standard InChI is InChI=1S/C14H18ClNO3/c1-9(12(17)18)16-13(19)14(2,3)8-10-5-4-6-11(15)7-10/h4-7,9H,8H2,1-3H3,(H,16,19)(H,17,18). The molecule has 0 spiro atoms. The Balaban J connectivity index is 2.75. The van der Waals surface area contributed by atoms with E-state index in [0.717, 1.165) is 5.56 Å². The number of benzene rings is 1. The number of hydrogen-bond acceptors (Lipinski definition) is 2. The molecule has 5 heteroatoms. The zero-order valence-electron chi connectivity index (χ0n) is 11.2. The number of halogens is 1. The van der Waals surface area contributed by atoms with Gasteiger partial charge < -0.3 is 10.4 Å². The Labute approximate surface area is 117 Å². The van der Waals surface area contributed by atoms with Gasteiger partial charge in [0.15, 0.2) is 0 Å². The highest BCUT2D eigenvalue weighted by Crippen LogP contribution is 2.24. The van der Waals surface area contributed by atoms with Crippen LogP contribution in [0.15, 0.2) is 24.3 Å². The summed E-state index contributed by atoms with van der Waals surface area (Å²) in [5.41, 5.74) is 0.240. The number of hydrogen-bond donors (Lipinski definition) is 2. The molecule has 19 heavy (non-hydrogen) atoms. The molecule has 0 aliphatic carbocycles. The van der Waals surface area contributed by atoms with Crippen LogP contribution in [0.2, 0.25) is 5.02 Å². The van der Waals surface area contributed by atoms with E-state index in [-0.39, 0.29) is 5.91 Å². The number of amides is 1. The number of rotatable bonds is 5. The van der Waals surface area contributed by atoms with E-state index < -0.39 is 17.4 Å². The Morgan fingerprint density at radius 1 is 1.42 bits per heavy atom. The highest BCUT2D eigenvalue weighted by atomic mass is 35.5. The smallest absolute Gasteiger partial charge is 0.325 e. The summed E-state index contributed by atoms with van der Waals surface area (Å²) in [4.78, 5) is 22.8. The molecule has 0 aromatic heterocycles. The average Bonchev–Trinajstić information content (AvgIpc) is 2.27. The van der Waals surface area contributed by atoms with Crippen LogP contribution in [-0.4, -0.2) is 23.0 Å². The first-order chi connectivity index (χ1) is 8.72. The van der Waals surface area contributed by atoms with E-state index in [1.54, 1.807) is 26.0 Å². The van der Waals surface area contributed by atoms with Gasteiger partial charge in [-0.05, 0) is 31.0 Å².